The van der Waals surface area contributed by atoms with Gasteiger partial charge in [-0.3, -0.25) is 0 Å². The van der Waals surface area contributed by atoms with Crippen LogP contribution in [0.5, 0.6) is 0 Å². The van der Waals surface area contributed by atoms with Crippen LogP contribution in [0.15, 0.2) is 45.4 Å². The summed E-state index contributed by atoms with van der Waals surface area (Å²) in [5.41, 5.74) is 9.10. The molecule has 0 atom stereocenters. The van der Waals surface area contributed by atoms with Crippen LogP contribution in [0.1, 0.15) is 5.56 Å². The minimum absolute atomic E-state index is 0.345. The van der Waals surface area contributed by atoms with Gasteiger partial charge >= 0.3 is 0 Å². The lowest BCUT2D eigenvalue weighted by atomic mass is 10.1. The molecule has 0 saturated carbocycles. The summed E-state index contributed by atoms with van der Waals surface area (Å²) in [6.07, 6.45) is 0. The number of nitrogens with zero attached hydrogens (tertiary/aromatic N) is 2. The Labute approximate surface area is 135 Å². The molecular weight excluding hydrogens is 354 g/mol. The molecule has 1 heterocycles. The molecule has 1 aromatic heterocycles. The van der Waals surface area contributed by atoms with Gasteiger partial charge in [0.15, 0.2) is 0 Å². The molecule has 3 rings (SSSR count). The molecule has 0 fully saturated rings. The van der Waals surface area contributed by atoms with Crippen molar-refractivity contribution in [3.05, 3.63) is 51.5 Å². The van der Waals surface area contributed by atoms with Gasteiger partial charge in [0.1, 0.15) is 0 Å². The number of benzene rings is 2. The molecular formula is C15H11BrClN3O. The molecule has 0 amide bonds. The molecule has 21 heavy (non-hydrogen) atoms. The van der Waals surface area contributed by atoms with Crippen LogP contribution in [0.4, 0.5) is 5.69 Å². The number of aryl methyl sites for hydroxylation is 1. The van der Waals surface area contributed by atoms with Crippen LogP contribution in [-0.4, -0.2) is 10.1 Å². The zero-order valence-corrected chi connectivity index (χ0v) is 13.4. The fraction of sp³-hybridized carbons (Fsp3) is 0.0667. The average Bonchev–Trinajstić information content (AvgIpc) is 2.91. The van der Waals surface area contributed by atoms with Crippen molar-refractivity contribution in [3.63, 3.8) is 0 Å². The van der Waals surface area contributed by atoms with Gasteiger partial charge in [-0.1, -0.05) is 38.8 Å². The Kier molecular flexibility index (Phi) is 3.69. The van der Waals surface area contributed by atoms with Crippen LogP contribution in [0, 0.1) is 6.92 Å². The highest BCUT2D eigenvalue weighted by molar-refractivity contribution is 9.10. The first-order chi connectivity index (χ1) is 10.0. The quantitative estimate of drug-likeness (QED) is 0.669. The first-order valence-electron chi connectivity index (χ1n) is 6.20. The van der Waals surface area contributed by atoms with E-state index in [-0.39, 0.29) is 0 Å². The number of anilines is 1. The number of halogens is 2. The van der Waals surface area contributed by atoms with Gasteiger partial charge in [0.25, 0.3) is 5.89 Å². The van der Waals surface area contributed by atoms with Gasteiger partial charge in [-0.2, -0.15) is 4.98 Å². The summed E-state index contributed by atoms with van der Waals surface area (Å²) in [5.74, 6) is 0.841. The first kappa shape index (κ1) is 14.1. The fourth-order valence-corrected chi connectivity index (χ4v) is 2.80. The highest BCUT2D eigenvalue weighted by Crippen LogP contribution is 2.31. The molecule has 106 valence electrons. The van der Waals surface area contributed by atoms with Crippen molar-refractivity contribution in [3.8, 4) is 22.8 Å². The van der Waals surface area contributed by atoms with E-state index in [4.69, 9.17) is 21.9 Å². The molecule has 0 radical (unpaired) electrons. The monoisotopic (exact) mass is 363 g/mol. The second-order valence-corrected chi connectivity index (χ2v) is 5.93. The number of aromatic nitrogens is 2. The van der Waals surface area contributed by atoms with Gasteiger partial charge in [0.2, 0.25) is 5.82 Å². The van der Waals surface area contributed by atoms with E-state index in [9.17, 15) is 0 Å². The molecule has 0 unspecified atom stereocenters. The van der Waals surface area contributed by atoms with Crippen molar-refractivity contribution in [1.82, 2.24) is 10.1 Å². The maximum atomic E-state index is 5.98. The molecule has 4 nitrogen and oxygen atoms in total. The first-order valence-corrected chi connectivity index (χ1v) is 7.37. The SMILES string of the molecule is Cc1ccc(-c2noc(-c3cc(Cl)ccc3N)n2)c(Br)c1. The molecule has 0 spiro atoms. The maximum absolute atomic E-state index is 5.98. The van der Waals surface area contributed by atoms with Crippen LogP contribution in [0.3, 0.4) is 0 Å². The third-order valence-electron chi connectivity index (χ3n) is 3.04. The summed E-state index contributed by atoms with van der Waals surface area (Å²) in [6, 6.07) is 11.1. The van der Waals surface area contributed by atoms with E-state index < -0.39 is 0 Å². The summed E-state index contributed by atoms with van der Waals surface area (Å²) < 4.78 is 6.22. The number of nitrogens with two attached hydrogens (primary N) is 1. The molecule has 2 N–H and O–H groups in total. The largest absolute Gasteiger partial charge is 0.398 e. The van der Waals surface area contributed by atoms with Gasteiger partial charge in [-0.25, -0.2) is 0 Å². The summed E-state index contributed by atoms with van der Waals surface area (Å²) in [7, 11) is 0. The Balaban J connectivity index is 2.06. The number of nitrogen functional groups attached to an aromatic ring is 1. The molecule has 6 heteroatoms. The van der Waals surface area contributed by atoms with Gasteiger partial charge in [0.05, 0.1) is 5.56 Å². The van der Waals surface area contributed by atoms with Gasteiger partial charge in [-0.15, -0.1) is 0 Å². The highest BCUT2D eigenvalue weighted by Gasteiger charge is 2.15. The summed E-state index contributed by atoms with van der Waals surface area (Å²) in [6.45, 7) is 2.02. The highest BCUT2D eigenvalue weighted by atomic mass is 79.9. The Morgan fingerprint density at radius 2 is 1.95 bits per heavy atom. The van der Waals surface area contributed by atoms with E-state index in [1.807, 2.05) is 25.1 Å². The van der Waals surface area contributed by atoms with E-state index in [0.29, 0.717) is 28.0 Å². The minimum Gasteiger partial charge on any atom is -0.398 e. The summed E-state index contributed by atoms with van der Waals surface area (Å²) in [4.78, 5) is 4.40. The molecule has 0 bridgehead atoms. The lowest BCUT2D eigenvalue weighted by molar-refractivity contribution is 0.432. The van der Waals surface area contributed by atoms with Crippen molar-refractivity contribution >= 4 is 33.2 Å². The van der Waals surface area contributed by atoms with Crippen LogP contribution in [0.25, 0.3) is 22.8 Å². The van der Waals surface area contributed by atoms with Gasteiger partial charge in [-0.05, 0) is 42.8 Å². The second kappa shape index (κ2) is 5.50. The van der Waals surface area contributed by atoms with Crippen molar-refractivity contribution in [2.75, 3.05) is 5.73 Å². The van der Waals surface area contributed by atoms with Gasteiger partial charge < -0.3 is 10.3 Å². The predicted octanol–water partition coefficient (Wildman–Crippen LogP) is 4.71. The third kappa shape index (κ3) is 2.80. The fourth-order valence-electron chi connectivity index (χ4n) is 1.96. The van der Waals surface area contributed by atoms with Crippen molar-refractivity contribution in [2.24, 2.45) is 0 Å². The topological polar surface area (TPSA) is 64.9 Å². The van der Waals surface area contributed by atoms with Gasteiger partial charge in [0, 0.05) is 20.7 Å². The predicted molar refractivity (Wildman–Crippen MR) is 87.0 cm³/mol. The zero-order valence-electron chi connectivity index (χ0n) is 11.1. The number of hydrogen-bond donors (Lipinski definition) is 1. The van der Waals surface area contributed by atoms with Crippen LogP contribution < -0.4 is 5.73 Å². The molecule has 0 aliphatic rings. The summed E-state index contributed by atoms with van der Waals surface area (Å²) in [5, 5.41) is 4.57. The number of rotatable bonds is 2. The van der Waals surface area contributed by atoms with Crippen molar-refractivity contribution < 1.29 is 4.52 Å². The van der Waals surface area contributed by atoms with E-state index in [1.54, 1.807) is 18.2 Å². The maximum Gasteiger partial charge on any atom is 0.260 e. The van der Waals surface area contributed by atoms with Crippen LogP contribution >= 0.6 is 27.5 Å². The zero-order chi connectivity index (χ0) is 15.0. The van der Waals surface area contributed by atoms with E-state index in [1.165, 1.54) is 0 Å². The molecule has 0 saturated heterocycles. The number of hydrogen-bond acceptors (Lipinski definition) is 4. The molecule has 0 aliphatic carbocycles. The molecule has 0 aliphatic heterocycles. The van der Waals surface area contributed by atoms with Crippen LogP contribution in [-0.2, 0) is 0 Å². The van der Waals surface area contributed by atoms with E-state index >= 15 is 0 Å². The van der Waals surface area contributed by atoms with E-state index in [2.05, 4.69) is 26.1 Å². The lowest BCUT2D eigenvalue weighted by Gasteiger charge is -2.01. The second-order valence-electron chi connectivity index (χ2n) is 4.64. The Bertz CT molecular complexity index is 816. The van der Waals surface area contributed by atoms with Crippen LogP contribution in [0.2, 0.25) is 5.02 Å². The minimum atomic E-state index is 0.345. The Hall–Kier alpha value is -1.85. The Morgan fingerprint density at radius 3 is 2.71 bits per heavy atom. The molecule has 2 aromatic carbocycles. The Morgan fingerprint density at radius 1 is 1.14 bits per heavy atom. The average molecular weight is 365 g/mol. The van der Waals surface area contributed by atoms with E-state index in [0.717, 1.165) is 15.6 Å². The standard InChI is InChI=1S/C15H11BrClN3O/c1-8-2-4-10(12(16)6-8)14-19-15(21-20-14)11-7-9(17)3-5-13(11)18/h2-7H,18H2,1H3. The smallest absolute Gasteiger partial charge is 0.260 e. The normalized spacial score (nSPS) is 10.8. The molecule has 3 aromatic rings. The lowest BCUT2D eigenvalue weighted by Crippen LogP contribution is -1.90. The van der Waals surface area contributed by atoms with Crippen molar-refractivity contribution in [1.29, 1.82) is 0 Å². The van der Waals surface area contributed by atoms with Crippen molar-refractivity contribution in [2.45, 2.75) is 6.92 Å². The summed E-state index contributed by atoms with van der Waals surface area (Å²) >= 11 is 9.49. The third-order valence-corrected chi connectivity index (χ3v) is 3.93.